The molecule has 1 amide bonds. The van der Waals surface area contributed by atoms with Crippen LogP contribution in [0.2, 0.25) is 0 Å². The molecule has 0 fully saturated rings. The zero-order chi connectivity index (χ0) is 15.4. The first-order valence-electron chi connectivity index (χ1n) is 6.41. The van der Waals surface area contributed by atoms with Gasteiger partial charge in [-0.15, -0.1) is 0 Å². The van der Waals surface area contributed by atoms with Crippen LogP contribution in [0.3, 0.4) is 0 Å². The zero-order valence-corrected chi connectivity index (χ0v) is 11.5. The van der Waals surface area contributed by atoms with Crippen molar-refractivity contribution in [1.82, 2.24) is 5.32 Å². The molecule has 0 unspecified atom stereocenters. The molecule has 0 aliphatic heterocycles. The van der Waals surface area contributed by atoms with Crippen molar-refractivity contribution in [2.75, 3.05) is 6.54 Å². The van der Waals surface area contributed by atoms with Gasteiger partial charge in [-0.25, -0.2) is 0 Å². The van der Waals surface area contributed by atoms with Gasteiger partial charge in [-0.3, -0.25) is 9.59 Å². The maximum Gasteiger partial charge on any atom is 0.322 e. The van der Waals surface area contributed by atoms with E-state index in [2.05, 4.69) is 5.32 Å². The average molecular weight is 288 g/mol. The van der Waals surface area contributed by atoms with Crippen LogP contribution >= 0.6 is 0 Å². The van der Waals surface area contributed by atoms with E-state index in [1.54, 1.807) is 12.1 Å². The Morgan fingerprint density at radius 2 is 2.00 bits per heavy atom. The van der Waals surface area contributed by atoms with Crippen molar-refractivity contribution >= 4 is 11.9 Å². The number of furan rings is 1. The van der Waals surface area contributed by atoms with E-state index < -0.39 is 17.9 Å². The highest BCUT2D eigenvalue weighted by Gasteiger charge is 2.16. The quantitative estimate of drug-likeness (QED) is 0.771. The number of rotatable bonds is 5. The average Bonchev–Trinajstić information content (AvgIpc) is 2.94. The molecule has 1 aromatic heterocycles. The molecule has 6 heteroatoms. The second-order valence-corrected chi connectivity index (χ2v) is 4.63. The second kappa shape index (κ2) is 6.23. The van der Waals surface area contributed by atoms with Crippen LogP contribution in [0.5, 0.6) is 0 Å². The minimum absolute atomic E-state index is 0.117. The Morgan fingerprint density at radius 1 is 1.29 bits per heavy atom. The lowest BCUT2D eigenvalue weighted by atomic mass is 10.1. The summed E-state index contributed by atoms with van der Waals surface area (Å²) in [4.78, 5) is 22.4. The normalized spacial score (nSPS) is 11.9. The number of aryl methyl sites for hydroxylation is 1. The molecule has 2 rings (SSSR count). The van der Waals surface area contributed by atoms with E-state index in [0.29, 0.717) is 5.76 Å². The smallest absolute Gasteiger partial charge is 0.322 e. The molecule has 0 saturated heterocycles. The molecule has 0 bridgehead atoms. The number of carboxylic acids is 1. The summed E-state index contributed by atoms with van der Waals surface area (Å²) in [5, 5.41) is 11.1. The molecule has 21 heavy (non-hydrogen) atoms. The number of nitrogens with one attached hydrogen (secondary N) is 1. The first-order valence-corrected chi connectivity index (χ1v) is 6.41. The van der Waals surface area contributed by atoms with Gasteiger partial charge in [0.15, 0.2) is 5.76 Å². The molecule has 0 spiro atoms. The van der Waals surface area contributed by atoms with Gasteiger partial charge in [0.1, 0.15) is 11.8 Å². The van der Waals surface area contributed by atoms with E-state index in [4.69, 9.17) is 15.3 Å². The van der Waals surface area contributed by atoms with Crippen LogP contribution in [0.1, 0.15) is 16.1 Å². The van der Waals surface area contributed by atoms with Gasteiger partial charge in [0.05, 0.1) is 0 Å². The number of amides is 1. The van der Waals surface area contributed by atoms with Gasteiger partial charge < -0.3 is 20.6 Å². The Labute approximate surface area is 121 Å². The molecule has 1 atom stereocenters. The van der Waals surface area contributed by atoms with Crippen molar-refractivity contribution in [3.05, 3.63) is 47.7 Å². The molecular weight excluding hydrogens is 272 g/mol. The summed E-state index contributed by atoms with van der Waals surface area (Å²) in [6.07, 6.45) is 0. The molecule has 1 heterocycles. The van der Waals surface area contributed by atoms with Crippen molar-refractivity contribution in [2.24, 2.45) is 5.73 Å². The van der Waals surface area contributed by atoms with Gasteiger partial charge in [-0.05, 0) is 24.6 Å². The fraction of sp³-hybridized carbons (Fsp3) is 0.200. The monoisotopic (exact) mass is 288 g/mol. The third-order valence-corrected chi connectivity index (χ3v) is 3.04. The summed E-state index contributed by atoms with van der Waals surface area (Å²) in [5.41, 5.74) is 7.25. The summed E-state index contributed by atoms with van der Waals surface area (Å²) in [7, 11) is 0. The van der Waals surface area contributed by atoms with Gasteiger partial charge in [-0.1, -0.05) is 24.3 Å². The maximum absolute atomic E-state index is 11.8. The Kier molecular flexibility index (Phi) is 4.39. The number of benzene rings is 1. The predicted molar refractivity (Wildman–Crippen MR) is 76.8 cm³/mol. The Bertz CT molecular complexity index is 663. The van der Waals surface area contributed by atoms with Crippen molar-refractivity contribution in [2.45, 2.75) is 13.0 Å². The molecule has 110 valence electrons. The lowest BCUT2D eigenvalue weighted by Gasteiger charge is -2.07. The maximum atomic E-state index is 11.8. The van der Waals surface area contributed by atoms with E-state index in [0.717, 1.165) is 11.1 Å². The van der Waals surface area contributed by atoms with Crippen molar-refractivity contribution in [3.8, 4) is 11.3 Å². The minimum atomic E-state index is -1.17. The van der Waals surface area contributed by atoms with Gasteiger partial charge >= 0.3 is 5.97 Å². The van der Waals surface area contributed by atoms with Crippen LogP contribution in [-0.4, -0.2) is 29.6 Å². The van der Waals surface area contributed by atoms with Crippen LogP contribution in [0.15, 0.2) is 40.8 Å². The van der Waals surface area contributed by atoms with Gasteiger partial charge in [0.2, 0.25) is 0 Å². The number of carbonyl (C=O) groups excluding carboxylic acids is 1. The fourth-order valence-electron chi connectivity index (χ4n) is 1.83. The molecule has 4 N–H and O–H groups in total. The molecule has 2 aromatic rings. The number of carbonyl (C=O) groups is 2. The van der Waals surface area contributed by atoms with Gasteiger partial charge in [0.25, 0.3) is 5.91 Å². The van der Waals surface area contributed by atoms with Crippen molar-refractivity contribution < 1.29 is 19.1 Å². The Balaban J connectivity index is 2.08. The molecule has 6 nitrogen and oxygen atoms in total. The van der Waals surface area contributed by atoms with Crippen molar-refractivity contribution in [3.63, 3.8) is 0 Å². The number of hydrogen-bond acceptors (Lipinski definition) is 4. The summed E-state index contributed by atoms with van der Waals surface area (Å²) in [6.45, 7) is 1.79. The minimum Gasteiger partial charge on any atom is -0.480 e. The standard InChI is InChI=1S/C15H16N2O4/c1-9-4-2-3-5-10(9)12-6-7-13(21-12)14(18)17-8-11(16)15(19)20/h2-7,11H,8,16H2,1H3,(H,17,18)(H,19,20)/t11-/m1/s1. The number of carboxylic acid groups (broad SMARTS) is 1. The summed E-state index contributed by atoms with van der Waals surface area (Å²) < 4.78 is 5.50. The largest absolute Gasteiger partial charge is 0.480 e. The third kappa shape index (κ3) is 3.49. The number of aliphatic carboxylic acids is 1. The highest BCUT2D eigenvalue weighted by Crippen LogP contribution is 2.25. The number of hydrogen-bond donors (Lipinski definition) is 3. The lowest BCUT2D eigenvalue weighted by molar-refractivity contribution is -0.138. The van der Waals surface area contributed by atoms with Crippen LogP contribution in [0, 0.1) is 6.92 Å². The first kappa shape index (κ1) is 14.8. The van der Waals surface area contributed by atoms with E-state index in [9.17, 15) is 9.59 Å². The Morgan fingerprint density at radius 3 is 2.67 bits per heavy atom. The second-order valence-electron chi connectivity index (χ2n) is 4.63. The van der Waals surface area contributed by atoms with E-state index in [1.807, 2.05) is 31.2 Å². The van der Waals surface area contributed by atoms with E-state index in [1.165, 1.54) is 0 Å². The molecule has 0 saturated carbocycles. The highest BCUT2D eigenvalue weighted by atomic mass is 16.4. The molecule has 1 aromatic carbocycles. The van der Waals surface area contributed by atoms with Crippen LogP contribution in [0.4, 0.5) is 0 Å². The molecular formula is C15H16N2O4. The Hall–Kier alpha value is -2.60. The van der Waals surface area contributed by atoms with Crippen LogP contribution < -0.4 is 11.1 Å². The van der Waals surface area contributed by atoms with Gasteiger partial charge in [0, 0.05) is 12.1 Å². The zero-order valence-electron chi connectivity index (χ0n) is 11.5. The lowest BCUT2D eigenvalue weighted by Crippen LogP contribution is -2.42. The molecule has 0 radical (unpaired) electrons. The number of nitrogens with two attached hydrogens (primary N) is 1. The predicted octanol–water partition coefficient (Wildman–Crippen LogP) is 1.40. The fourth-order valence-corrected chi connectivity index (χ4v) is 1.83. The SMILES string of the molecule is Cc1ccccc1-c1ccc(C(=O)NC[C@@H](N)C(=O)O)o1. The first-order chi connectivity index (χ1) is 9.99. The highest BCUT2D eigenvalue weighted by molar-refractivity contribution is 5.92. The summed E-state index contributed by atoms with van der Waals surface area (Å²) in [5.74, 6) is -0.964. The van der Waals surface area contributed by atoms with Gasteiger partial charge in [-0.2, -0.15) is 0 Å². The van der Waals surface area contributed by atoms with Crippen LogP contribution in [0.25, 0.3) is 11.3 Å². The molecule has 0 aliphatic carbocycles. The van der Waals surface area contributed by atoms with E-state index in [-0.39, 0.29) is 12.3 Å². The van der Waals surface area contributed by atoms with Crippen molar-refractivity contribution in [1.29, 1.82) is 0 Å². The topological polar surface area (TPSA) is 106 Å². The summed E-state index contributed by atoms with van der Waals surface area (Å²) in [6, 6.07) is 9.76. The van der Waals surface area contributed by atoms with E-state index >= 15 is 0 Å². The van der Waals surface area contributed by atoms with Crippen LogP contribution in [-0.2, 0) is 4.79 Å². The summed E-state index contributed by atoms with van der Waals surface area (Å²) >= 11 is 0. The third-order valence-electron chi connectivity index (χ3n) is 3.04. The molecule has 0 aliphatic rings.